The van der Waals surface area contributed by atoms with Gasteiger partial charge in [-0.05, 0) is 26.7 Å². The fraction of sp³-hybridized carbons (Fsp3) is 0.900. The quantitative estimate of drug-likeness (QED) is 0.755. The van der Waals surface area contributed by atoms with Crippen LogP contribution in [0.25, 0.3) is 0 Å². The standard InChI is InChI=1S/C10H20N2O3S/c1-4-16(14,15)11-6-9-5-10(13)12(7-9)8(2)3/h8-9,11H,4-7H2,1-3H3. The molecule has 1 atom stereocenters. The molecule has 1 fully saturated rings. The molecule has 0 bridgehead atoms. The van der Waals surface area contributed by atoms with E-state index in [2.05, 4.69) is 4.72 Å². The van der Waals surface area contributed by atoms with E-state index in [1.54, 1.807) is 11.8 Å². The summed E-state index contributed by atoms with van der Waals surface area (Å²) in [7, 11) is -3.14. The van der Waals surface area contributed by atoms with Gasteiger partial charge in [-0.2, -0.15) is 0 Å². The van der Waals surface area contributed by atoms with Crippen LogP contribution >= 0.6 is 0 Å². The van der Waals surface area contributed by atoms with Gasteiger partial charge in [0.1, 0.15) is 0 Å². The molecule has 1 aliphatic rings. The number of amides is 1. The number of hydrogen-bond acceptors (Lipinski definition) is 3. The van der Waals surface area contributed by atoms with E-state index in [1.165, 1.54) is 0 Å². The van der Waals surface area contributed by atoms with Gasteiger partial charge in [-0.1, -0.05) is 0 Å². The molecule has 0 spiro atoms. The molecule has 1 heterocycles. The lowest BCUT2D eigenvalue weighted by atomic mass is 10.1. The summed E-state index contributed by atoms with van der Waals surface area (Å²) in [5, 5.41) is 0. The van der Waals surface area contributed by atoms with Crippen molar-refractivity contribution >= 4 is 15.9 Å². The van der Waals surface area contributed by atoms with Gasteiger partial charge in [0.2, 0.25) is 15.9 Å². The Hall–Kier alpha value is -0.620. The van der Waals surface area contributed by atoms with Crippen molar-refractivity contribution in [1.82, 2.24) is 9.62 Å². The van der Waals surface area contributed by atoms with Gasteiger partial charge in [0.05, 0.1) is 5.75 Å². The zero-order chi connectivity index (χ0) is 12.3. The average Bonchev–Trinajstić information content (AvgIpc) is 2.57. The average molecular weight is 248 g/mol. The van der Waals surface area contributed by atoms with Crippen LogP contribution in [0.4, 0.5) is 0 Å². The number of nitrogens with one attached hydrogen (secondary N) is 1. The molecule has 0 aromatic heterocycles. The molecule has 0 aromatic carbocycles. The molecule has 1 amide bonds. The molecular formula is C10H20N2O3S. The fourth-order valence-corrected chi connectivity index (χ4v) is 2.48. The van der Waals surface area contributed by atoms with Gasteiger partial charge in [-0.25, -0.2) is 13.1 Å². The number of carbonyl (C=O) groups is 1. The Balaban J connectivity index is 2.45. The van der Waals surface area contributed by atoms with Crippen molar-refractivity contribution in [3.63, 3.8) is 0 Å². The van der Waals surface area contributed by atoms with E-state index in [4.69, 9.17) is 0 Å². The fourth-order valence-electron chi connectivity index (χ4n) is 1.79. The van der Waals surface area contributed by atoms with Crippen molar-refractivity contribution in [2.45, 2.75) is 33.2 Å². The predicted octanol–water partition coefficient (Wildman–Crippen LogP) is 0.183. The normalized spacial score (nSPS) is 22.1. The first-order valence-corrected chi connectivity index (χ1v) is 7.27. The summed E-state index contributed by atoms with van der Waals surface area (Å²) < 4.78 is 25.0. The topological polar surface area (TPSA) is 66.5 Å². The second kappa shape index (κ2) is 5.14. The number of nitrogens with zero attached hydrogens (tertiary/aromatic N) is 1. The summed E-state index contributed by atoms with van der Waals surface area (Å²) in [5.74, 6) is 0.314. The predicted molar refractivity (Wildman–Crippen MR) is 62.4 cm³/mol. The Morgan fingerprint density at radius 2 is 2.12 bits per heavy atom. The molecule has 1 saturated heterocycles. The lowest BCUT2D eigenvalue weighted by Crippen LogP contribution is -2.34. The molecule has 94 valence electrons. The Bertz CT molecular complexity index is 351. The maximum absolute atomic E-state index is 11.6. The van der Waals surface area contributed by atoms with E-state index in [9.17, 15) is 13.2 Å². The third-order valence-corrected chi connectivity index (χ3v) is 4.20. The molecule has 1 unspecified atom stereocenters. The van der Waals surface area contributed by atoms with Gasteiger partial charge in [0, 0.05) is 25.6 Å². The summed E-state index contributed by atoms with van der Waals surface area (Å²) in [5.41, 5.74) is 0. The van der Waals surface area contributed by atoms with Crippen molar-refractivity contribution < 1.29 is 13.2 Å². The first kappa shape index (κ1) is 13.4. The van der Waals surface area contributed by atoms with Crippen LogP contribution < -0.4 is 4.72 Å². The monoisotopic (exact) mass is 248 g/mol. The van der Waals surface area contributed by atoms with Crippen LogP contribution in [0, 0.1) is 5.92 Å². The number of hydrogen-bond donors (Lipinski definition) is 1. The zero-order valence-corrected chi connectivity index (χ0v) is 10.9. The summed E-state index contributed by atoms with van der Waals surface area (Å²) in [6.07, 6.45) is 0.449. The molecule has 0 radical (unpaired) electrons. The van der Waals surface area contributed by atoms with E-state index in [0.717, 1.165) is 0 Å². The summed E-state index contributed by atoms with van der Waals surface area (Å²) >= 11 is 0. The highest BCUT2D eigenvalue weighted by molar-refractivity contribution is 7.89. The zero-order valence-electron chi connectivity index (χ0n) is 10.1. The van der Waals surface area contributed by atoms with Gasteiger partial charge >= 0.3 is 0 Å². The van der Waals surface area contributed by atoms with E-state index in [0.29, 0.717) is 19.5 Å². The third kappa shape index (κ3) is 3.45. The lowest BCUT2D eigenvalue weighted by molar-refractivity contribution is -0.129. The Labute approximate surface area is 97.2 Å². The lowest BCUT2D eigenvalue weighted by Gasteiger charge is -2.20. The third-order valence-electron chi connectivity index (χ3n) is 2.83. The summed E-state index contributed by atoms with van der Waals surface area (Å²) in [6.45, 7) is 6.56. The molecule has 0 saturated carbocycles. The van der Waals surface area contributed by atoms with Gasteiger partial charge in [0.15, 0.2) is 0 Å². The maximum atomic E-state index is 11.6. The van der Waals surface area contributed by atoms with Crippen molar-refractivity contribution in [2.75, 3.05) is 18.8 Å². The maximum Gasteiger partial charge on any atom is 0.223 e. The number of carbonyl (C=O) groups excluding carboxylic acids is 1. The van der Waals surface area contributed by atoms with Crippen molar-refractivity contribution in [3.8, 4) is 0 Å². The smallest absolute Gasteiger partial charge is 0.223 e. The van der Waals surface area contributed by atoms with Crippen molar-refractivity contribution in [2.24, 2.45) is 5.92 Å². The Morgan fingerprint density at radius 3 is 2.56 bits per heavy atom. The number of rotatable bonds is 5. The van der Waals surface area contributed by atoms with E-state index in [-0.39, 0.29) is 23.6 Å². The van der Waals surface area contributed by atoms with Crippen LogP contribution in [0.5, 0.6) is 0 Å². The largest absolute Gasteiger partial charge is 0.340 e. The number of likely N-dealkylation sites (tertiary alicyclic amines) is 1. The minimum absolute atomic E-state index is 0.0849. The van der Waals surface area contributed by atoms with Crippen LogP contribution in [0.3, 0.4) is 0 Å². The molecule has 1 rings (SSSR count). The van der Waals surface area contributed by atoms with Gasteiger partial charge in [-0.3, -0.25) is 4.79 Å². The first-order chi connectivity index (χ1) is 7.35. The van der Waals surface area contributed by atoms with Crippen LogP contribution in [0.2, 0.25) is 0 Å². The van der Waals surface area contributed by atoms with E-state index >= 15 is 0 Å². The Kier molecular flexibility index (Phi) is 4.32. The SMILES string of the molecule is CCS(=O)(=O)NCC1CC(=O)N(C(C)C)C1. The molecule has 0 aliphatic carbocycles. The van der Waals surface area contributed by atoms with Crippen molar-refractivity contribution in [1.29, 1.82) is 0 Å². The van der Waals surface area contributed by atoms with Gasteiger partial charge in [0.25, 0.3) is 0 Å². The summed E-state index contributed by atoms with van der Waals surface area (Å²) in [6, 6.07) is 0.195. The van der Waals surface area contributed by atoms with Gasteiger partial charge < -0.3 is 4.90 Å². The second-order valence-corrected chi connectivity index (χ2v) is 6.56. The molecule has 0 aromatic rings. The van der Waals surface area contributed by atoms with E-state index in [1.807, 2.05) is 13.8 Å². The van der Waals surface area contributed by atoms with Gasteiger partial charge in [-0.15, -0.1) is 0 Å². The van der Waals surface area contributed by atoms with Crippen LogP contribution in [-0.4, -0.2) is 44.1 Å². The van der Waals surface area contributed by atoms with Crippen LogP contribution in [0.15, 0.2) is 0 Å². The summed E-state index contributed by atoms with van der Waals surface area (Å²) in [4.78, 5) is 13.4. The minimum atomic E-state index is -3.14. The highest BCUT2D eigenvalue weighted by atomic mass is 32.2. The highest BCUT2D eigenvalue weighted by Gasteiger charge is 2.31. The first-order valence-electron chi connectivity index (χ1n) is 5.62. The van der Waals surface area contributed by atoms with Crippen LogP contribution in [-0.2, 0) is 14.8 Å². The second-order valence-electron chi connectivity index (χ2n) is 4.46. The highest BCUT2D eigenvalue weighted by Crippen LogP contribution is 2.19. The van der Waals surface area contributed by atoms with Crippen molar-refractivity contribution in [3.05, 3.63) is 0 Å². The van der Waals surface area contributed by atoms with Crippen LogP contribution in [0.1, 0.15) is 27.2 Å². The molecule has 1 N–H and O–H groups in total. The molecule has 1 aliphatic heterocycles. The molecule has 6 heteroatoms. The minimum Gasteiger partial charge on any atom is -0.340 e. The molecule has 16 heavy (non-hydrogen) atoms. The number of sulfonamides is 1. The van der Waals surface area contributed by atoms with E-state index < -0.39 is 10.0 Å². The Morgan fingerprint density at radius 1 is 1.50 bits per heavy atom. The molecule has 5 nitrogen and oxygen atoms in total. The molecular weight excluding hydrogens is 228 g/mol.